The van der Waals surface area contributed by atoms with Crippen LogP contribution in [0.2, 0.25) is 5.02 Å². The van der Waals surface area contributed by atoms with Crippen LogP contribution in [0.25, 0.3) is 0 Å². The van der Waals surface area contributed by atoms with E-state index in [-0.39, 0.29) is 5.91 Å². The van der Waals surface area contributed by atoms with E-state index in [2.05, 4.69) is 10.2 Å². The average molecular weight is 310 g/mol. The minimum Gasteiger partial charge on any atom is -0.330 e. The summed E-state index contributed by atoms with van der Waals surface area (Å²) in [5, 5.41) is 3.51. The molecule has 0 aromatic heterocycles. The van der Waals surface area contributed by atoms with Gasteiger partial charge in [0.2, 0.25) is 5.91 Å². The Kier molecular flexibility index (Phi) is 6.03. The lowest BCUT2D eigenvalue weighted by atomic mass is 9.84. The van der Waals surface area contributed by atoms with E-state index in [4.69, 9.17) is 17.3 Å². The summed E-state index contributed by atoms with van der Waals surface area (Å²) in [7, 11) is 2.01. The quantitative estimate of drug-likeness (QED) is 0.879. The molecule has 1 aromatic carbocycles. The van der Waals surface area contributed by atoms with Crippen molar-refractivity contribution in [3.8, 4) is 0 Å². The molecule has 1 saturated carbocycles. The maximum atomic E-state index is 12.1. The number of anilines is 1. The number of amides is 1. The highest BCUT2D eigenvalue weighted by Gasteiger charge is 2.28. The SMILES string of the molecule is CN(CC(=O)Nc1cccc(Cl)c1)C1CCCCC1CN. The molecule has 0 radical (unpaired) electrons. The van der Waals surface area contributed by atoms with Crippen molar-refractivity contribution in [2.45, 2.75) is 31.7 Å². The zero-order valence-corrected chi connectivity index (χ0v) is 13.3. The van der Waals surface area contributed by atoms with E-state index >= 15 is 0 Å². The van der Waals surface area contributed by atoms with E-state index in [1.165, 1.54) is 19.3 Å². The fourth-order valence-electron chi connectivity index (χ4n) is 3.15. The van der Waals surface area contributed by atoms with Gasteiger partial charge in [0.05, 0.1) is 6.54 Å². The van der Waals surface area contributed by atoms with Gasteiger partial charge in [-0.05, 0) is 50.6 Å². The summed E-state index contributed by atoms with van der Waals surface area (Å²) in [6.45, 7) is 1.08. The first-order valence-corrected chi connectivity index (χ1v) is 7.93. The molecule has 3 N–H and O–H groups in total. The predicted octanol–water partition coefficient (Wildman–Crippen LogP) is 2.73. The Morgan fingerprint density at radius 3 is 2.90 bits per heavy atom. The van der Waals surface area contributed by atoms with Crippen molar-refractivity contribution in [3.05, 3.63) is 29.3 Å². The van der Waals surface area contributed by atoms with Gasteiger partial charge in [-0.1, -0.05) is 30.5 Å². The number of hydrogen-bond donors (Lipinski definition) is 2. The first-order valence-electron chi connectivity index (χ1n) is 7.56. The molecule has 1 aromatic rings. The molecule has 5 heteroatoms. The number of carbonyl (C=O) groups is 1. The highest BCUT2D eigenvalue weighted by atomic mass is 35.5. The number of benzene rings is 1. The van der Waals surface area contributed by atoms with Crippen LogP contribution in [-0.4, -0.2) is 37.0 Å². The van der Waals surface area contributed by atoms with Crippen LogP contribution < -0.4 is 11.1 Å². The standard InChI is InChI=1S/C16H24ClN3O/c1-20(15-8-3-2-5-12(15)10-18)11-16(21)19-14-7-4-6-13(17)9-14/h4,6-7,9,12,15H,2-3,5,8,10-11,18H2,1H3,(H,19,21). The zero-order chi connectivity index (χ0) is 15.2. The third kappa shape index (κ3) is 4.70. The second kappa shape index (κ2) is 7.78. The van der Waals surface area contributed by atoms with E-state index in [0.717, 1.165) is 12.1 Å². The van der Waals surface area contributed by atoms with Gasteiger partial charge in [0.1, 0.15) is 0 Å². The van der Waals surface area contributed by atoms with Gasteiger partial charge in [0, 0.05) is 16.8 Å². The predicted molar refractivity (Wildman–Crippen MR) is 87.5 cm³/mol. The molecule has 0 aliphatic heterocycles. The normalized spacial score (nSPS) is 22.3. The molecular weight excluding hydrogens is 286 g/mol. The van der Waals surface area contributed by atoms with Crippen molar-refractivity contribution in [2.75, 3.05) is 25.5 Å². The molecule has 1 fully saturated rings. The van der Waals surface area contributed by atoms with Crippen molar-refractivity contribution < 1.29 is 4.79 Å². The maximum Gasteiger partial charge on any atom is 0.238 e. The average Bonchev–Trinajstić information content (AvgIpc) is 2.47. The third-order valence-corrected chi connectivity index (χ3v) is 4.47. The summed E-state index contributed by atoms with van der Waals surface area (Å²) >= 11 is 5.92. The Morgan fingerprint density at radius 2 is 2.19 bits per heavy atom. The van der Waals surface area contributed by atoms with E-state index in [0.29, 0.717) is 30.1 Å². The number of nitrogens with one attached hydrogen (secondary N) is 1. The smallest absolute Gasteiger partial charge is 0.238 e. The van der Waals surface area contributed by atoms with Crippen LogP contribution in [-0.2, 0) is 4.79 Å². The summed E-state index contributed by atoms with van der Waals surface area (Å²) in [5.74, 6) is 0.490. The maximum absolute atomic E-state index is 12.1. The van der Waals surface area contributed by atoms with Crippen LogP contribution >= 0.6 is 11.6 Å². The molecule has 1 amide bonds. The third-order valence-electron chi connectivity index (χ3n) is 4.24. The second-order valence-electron chi connectivity index (χ2n) is 5.82. The van der Waals surface area contributed by atoms with E-state index in [1.54, 1.807) is 12.1 Å². The van der Waals surface area contributed by atoms with Gasteiger partial charge in [-0.3, -0.25) is 9.69 Å². The molecule has 2 atom stereocenters. The number of hydrogen-bond acceptors (Lipinski definition) is 3. The fraction of sp³-hybridized carbons (Fsp3) is 0.562. The number of carbonyl (C=O) groups excluding carboxylic acids is 1. The summed E-state index contributed by atoms with van der Waals surface area (Å²) < 4.78 is 0. The van der Waals surface area contributed by atoms with Crippen molar-refractivity contribution in [1.82, 2.24) is 4.90 Å². The summed E-state index contributed by atoms with van der Waals surface area (Å²) in [5.41, 5.74) is 6.60. The van der Waals surface area contributed by atoms with Crippen LogP contribution in [0.4, 0.5) is 5.69 Å². The first-order chi connectivity index (χ1) is 10.1. The molecule has 2 unspecified atom stereocenters. The van der Waals surface area contributed by atoms with Crippen molar-refractivity contribution in [3.63, 3.8) is 0 Å². The molecule has 4 nitrogen and oxygen atoms in total. The summed E-state index contributed by atoms with van der Waals surface area (Å²) in [6.07, 6.45) is 4.77. The van der Waals surface area contributed by atoms with Gasteiger partial charge in [-0.15, -0.1) is 0 Å². The Labute approximate surface area is 131 Å². The molecule has 0 saturated heterocycles. The molecule has 1 aliphatic rings. The Balaban J connectivity index is 1.89. The topological polar surface area (TPSA) is 58.4 Å². The second-order valence-corrected chi connectivity index (χ2v) is 6.26. The number of nitrogens with two attached hydrogens (primary N) is 1. The number of halogens is 1. The van der Waals surface area contributed by atoms with Crippen LogP contribution in [0.1, 0.15) is 25.7 Å². The highest BCUT2D eigenvalue weighted by Crippen LogP contribution is 2.27. The van der Waals surface area contributed by atoms with Gasteiger partial charge in [-0.2, -0.15) is 0 Å². The molecular formula is C16H24ClN3O. The molecule has 0 spiro atoms. The monoisotopic (exact) mass is 309 g/mol. The first kappa shape index (κ1) is 16.3. The highest BCUT2D eigenvalue weighted by molar-refractivity contribution is 6.30. The van der Waals surface area contributed by atoms with Crippen LogP contribution in [0.3, 0.4) is 0 Å². The lowest BCUT2D eigenvalue weighted by molar-refractivity contribution is -0.117. The molecule has 2 rings (SSSR count). The largest absolute Gasteiger partial charge is 0.330 e. The van der Waals surface area contributed by atoms with Crippen LogP contribution in [0.15, 0.2) is 24.3 Å². The van der Waals surface area contributed by atoms with Gasteiger partial charge < -0.3 is 11.1 Å². The lowest BCUT2D eigenvalue weighted by Gasteiger charge is -2.37. The van der Waals surface area contributed by atoms with Crippen LogP contribution in [0, 0.1) is 5.92 Å². The zero-order valence-electron chi connectivity index (χ0n) is 12.5. The molecule has 0 bridgehead atoms. The van der Waals surface area contributed by atoms with Gasteiger partial charge >= 0.3 is 0 Å². The van der Waals surface area contributed by atoms with Gasteiger partial charge in [-0.25, -0.2) is 0 Å². The summed E-state index contributed by atoms with van der Waals surface area (Å²) in [6, 6.07) is 7.62. The molecule has 21 heavy (non-hydrogen) atoms. The molecule has 0 heterocycles. The number of likely N-dealkylation sites (N-methyl/N-ethyl adjacent to an activating group) is 1. The van der Waals surface area contributed by atoms with Crippen molar-refractivity contribution >= 4 is 23.2 Å². The van der Waals surface area contributed by atoms with E-state index in [9.17, 15) is 4.79 Å². The van der Waals surface area contributed by atoms with Gasteiger partial charge in [0.15, 0.2) is 0 Å². The van der Waals surface area contributed by atoms with E-state index < -0.39 is 0 Å². The number of nitrogens with zero attached hydrogens (tertiary/aromatic N) is 1. The number of rotatable bonds is 5. The minimum absolute atomic E-state index is 0.0129. The lowest BCUT2D eigenvalue weighted by Crippen LogP contribution is -2.45. The minimum atomic E-state index is -0.0129. The van der Waals surface area contributed by atoms with Crippen molar-refractivity contribution in [1.29, 1.82) is 0 Å². The van der Waals surface area contributed by atoms with Gasteiger partial charge in [0.25, 0.3) is 0 Å². The van der Waals surface area contributed by atoms with Crippen LogP contribution in [0.5, 0.6) is 0 Å². The summed E-state index contributed by atoms with van der Waals surface area (Å²) in [4.78, 5) is 14.3. The molecule has 116 valence electrons. The van der Waals surface area contributed by atoms with Crippen molar-refractivity contribution in [2.24, 2.45) is 11.7 Å². The Hall–Kier alpha value is -1.10. The van der Waals surface area contributed by atoms with E-state index in [1.807, 2.05) is 19.2 Å². The molecule has 1 aliphatic carbocycles. The Bertz CT molecular complexity index is 480. The Morgan fingerprint density at radius 1 is 1.43 bits per heavy atom. The fourth-order valence-corrected chi connectivity index (χ4v) is 3.34.